The molecule has 0 radical (unpaired) electrons. The van der Waals surface area contributed by atoms with Crippen LogP contribution in [0.3, 0.4) is 0 Å². The standard InChI is InChI=1S/C36H48N4O11/c1-35(2,3)50-27(43)14-12-23(19-41)37-32(44)24-10-7-15-39(24)34(46)36-17-25-28-29(48-20-47-28)31(36)51-40(30(36)33(45)49-25)18-22-9-6-8-21(16-22)11-13-26(42)38(4)5/h6,8-9,11,13,16,23-25,28-31,41H,7,10,12,14-15,17-20H2,1-5H3,(H,37,44). The fraction of sp³-hybridized carbons (Fsp3) is 0.639. The van der Waals surface area contributed by atoms with Crippen LogP contribution in [0.1, 0.15) is 64.0 Å². The van der Waals surface area contributed by atoms with E-state index >= 15 is 0 Å². The summed E-state index contributed by atoms with van der Waals surface area (Å²) in [4.78, 5) is 76.5. The van der Waals surface area contributed by atoms with Crippen molar-refractivity contribution >= 4 is 35.7 Å². The number of likely N-dealkylation sites (N-methyl/N-ethyl adjacent to an activating group) is 1. The van der Waals surface area contributed by atoms with Gasteiger partial charge in [-0.15, -0.1) is 0 Å². The fourth-order valence-electron chi connectivity index (χ4n) is 7.85. The molecule has 1 aromatic rings. The minimum atomic E-state index is -1.43. The van der Waals surface area contributed by atoms with Crippen LogP contribution in [-0.2, 0) is 54.3 Å². The summed E-state index contributed by atoms with van der Waals surface area (Å²) in [6.07, 6.45) is 1.45. The lowest BCUT2D eigenvalue weighted by molar-refractivity contribution is -0.204. The Kier molecular flexibility index (Phi) is 10.6. The molecule has 2 N–H and O–H groups in total. The van der Waals surface area contributed by atoms with Crippen molar-refractivity contribution in [1.29, 1.82) is 0 Å². The summed E-state index contributed by atoms with van der Waals surface area (Å²) < 4.78 is 23.1. The highest BCUT2D eigenvalue weighted by atomic mass is 16.8. The number of carbonyl (C=O) groups is 5. The van der Waals surface area contributed by atoms with Crippen molar-refractivity contribution in [2.45, 2.75) is 108 Å². The van der Waals surface area contributed by atoms with Gasteiger partial charge in [-0.25, -0.2) is 0 Å². The first-order chi connectivity index (χ1) is 24.2. The first-order valence-corrected chi connectivity index (χ1v) is 17.5. The molecule has 5 aliphatic rings. The van der Waals surface area contributed by atoms with E-state index in [9.17, 15) is 29.1 Å². The third kappa shape index (κ3) is 7.40. The molecule has 5 fully saturated rings. The van der Waals surface area contributed by atoms with Crippen molar-refractivity contribution in [2.24, 2.45) is 5.41 Å². The van der Waals surface area contributed by atoms with Crippen LogP contribution in [0.4, 0.5) is 0 Å². The van der Waals surface area contributed by atoms with Crippen LogP contribution in [0.2, 0.25) is 0 Å². The van der Waals surface area contributed by atoms with E-state index in [1.807, 2.05) is 24.3 Å². The number of carbonyl (C=O) groups excluding carboxylic acids is 5. The smallest absolute Gasteiger partial charge is 0.327 e. The minimum Gasteiger partial charge on any atom is -0.460 e. The topological polar surface area (TPSA) is 173 Å². The van der Waals surface area contributed by atoms with Gasteiger partial charge < -0.3 is 39.2 Å². The van der Waals surface area contributed by atoms with Crippen molar-refractivity contribution in [3.8, 4) is 0 Å². The number of benzene rings is 1. The molecular formula is C36H48N4O11. The number of amides is 3. The molecule has 15 heteroatoms. The molecule has 4 heterocycles. The van der Waals surface area contributed by atoms with Gasteiger partial charge in [0.15, 0.2) is 6.04 Å². The van der Waals surface area contributed by atoms with E-state index in [-0.39, 0.29) is 45.1 Å². The lowest BCUT2D eigenvalue weighted by Gasteiger charge is -2.50. The second-order valence-electron chi connectivity index (χ2n) is 15.1. The Hall–Kier alpha value is -3.89. The van der Waals surface area contributed by atoms with Gasteiger partial charge in [0, 0.05) is 39.6 Å². The van der Waals surface area contributed by atoms with Gasteiger partial charge in [-0.05, 0) is 57.2 Å². The van der Waals surface area contributed by atoms with E-state index in [1.54, 1.807) is 40.9 Å². The fourth-order valence-corrected chi connectivity index (χ4v) is 7.85. The van der Waals surface area contributed by atoms with Gasteiger partial charge in [-0.3, -0.25) is 28.8 Å². The average molecular weight is 713 g/mol. The van der Waals surface area contributed by atoms with Gasteiger partial charge >= 0.3 is 11.9 Å². The molecule has 8 unspecified atom stereocenters. The molecular weight excluding hydrogens is 664 g/mol. The number of likely N-dealkylation sites (tertiary alicyclic amines) is 1. The largest absolute Gasteiger partial charge is 0.460 e. The average Bonchev–Trinajstić information content (AvgIpc) is 3.83. The molecule has 2 bridgehead atoms. The highest BCUT2D eigenvalue weighted by Gasteiger charge is 2.75. The highest BCUT2D eigenvalue weighted by molar-refractivity contribution is 5.96. The molecule has 1 aliphatic carbocycles. The van der Waals surface area contributed by atoms with Gasteiger partial charge in [0.25, 0.3) is 0 Å². The second-order valence-corrected chi connectivity index (χ2v) is 15.1. The predicted molar refractivity (Wildman–Crippen MR) is 179 cm³/mol. The number of aliphatic hydroxyl groups excluding tert-OH is 1. The summed E-state index contributed by atoms with van der Waals surface area (Å²) >= 11 is 0. The molecule has 0 aromatic heterocycles. The molecule has 51 heavy (non-hydrogen) atoms. The lowest BCUT2D eigenvalue weighted by Crippen LogP contribution is -2.70. The number of esters is 2. The van der Waals surface area contributed by atoms with Crippen molar-refractivity contribution in [3.05, 3.63) is 41.5 Å². The van der Waals surface area contributed by atoms with Crippen LogP contribution in [0, 0.1) is 5.41 Å². The van der Waals surface area contributed by atoms with E-state index in [0.29, 0.717) is 12.8 Å². The van der Waals surface area contributed by atoms with Crippen LogP contribution >= 0.6 is 0 Å². The minimum absolute atomic E-state index is 0.00272. The van der Waals surface area contributed by atoms with E-state index in [4.69, 9.17) is 23.8 Å². The number of hydroxylamine groups is 2. The van der Waals surface area contributed by atoms with Crippen LogP contribution < -0.4 is 5.32 Å². The van der Waals surface area contributed by atoms with E-state index in [2.05, 4.69) is 5.32 Å². The Labute approximate surface area is 297 Å². The Morgan fingerprint density at radius 3 is 2.67 bits per heavy atom. The summed E-state index contributed by atoms with van der Waals surface area (Å²) in [6.45, 7) is 5.25. The zero-order valence-corrected chi connectivity index (χ0v) is 29.7. The predicted octanol–water partition coefficient (Wildman–Crippen LogP) is 0.919. The number of aliphatic hydroxyl groups is 1. The normalized spacial score (nSPS) is 30.5. The maximum atomic E-state index is 15.0. The van der Waals surface area contributed by atoms with Gasteiger partial charge in [0.2, 0.25) is 17.7 Å². The SMILES string of the molecule is CN(C)C(=O)C=Cc1cccc(CN2OC3C4OCOC4C4CC3(C(=O)N3CCCC3C(=O)NC(CO)CCC(=O)OC(C)(C)C)C2C(=O)O4)c1. The summed E-state index contributed by atoms with van der Waals surface area (Å²) in [7, 11) is 3.33. The number of nitrogens with one attached hydrogen (secondary N) is 1. The van der Waals surface area contributed by atoms with Gasteiger partial charge in [0.1, 0.15) is 48.3 Å². The molecule has 4 saturated heterocycles. The highest BCUT2D eigenvalue weighted by Crippen LogP contribution is 2.56. The quantitative estimate of drug-likeness (QED) is 0.246. The van der Waals surface area contributed by atoms with Crippen LogP contribution in [-0.4, -0.2) is 132 Å². The summed E-state index contributed by atoms with van der Waals surface area (Å²) in [5.41, 5.74) is -0.556. The number of hydrogen-bond donors (Lipinski definition) is 2. The Balaban J connectivity index is 1.23. The zero-order valence-electron chi connectivity index (χ0n) is 29.7. The number of fused-ring (bicyclic) bond motifs is 4. The van der Waals surface area contributed by atoms with Crippen LogP contribution in [0.15, 0.2) is 30.3 Å². The van der Waals surface area contributed by atoms with Crippen LogP contribution in [0.5, 0.6) is 0 Å². The molecule has 0 spiro atoms. The van der Waals surface area contributed by atoms with Crippen molar-refractivity contribution in [2.75, 3.05) is 34.0 Å². The molecule has 4 aliphatic heterocycles. The monoisotopic (exact) mass is 712 g/mol. The van der Waals surface area contributed by atoms with Gasteiger partial charge in [0.05, 0.1) is 19.2 Å². The lowest BCUT2D eigenvalue weighted by atomic mass is 9.62. The molecule has 1 aromatic carbocycles. The molecule has 1 saturated carbocycles. The van der Waals surface area contributed by atoms with Crippen LogP contribution in [0.25, 0.3) is 6.08 Å². The first kappa shape index (κ1) is 36.9. The summed E-state index contributed by atoms with van der Waals surface area (Å²) in [5, 5.41) is 14.3. The summed E-state index contributed by atoms with van der Waals surface area (Å²) in [6, 6.07) is 4.70. The van der Waals surface area contributed by atoms with Gasteiger partial charge in [-0.2, -0.15) is 5.06 Å². The Morgan fingerprint density at radius 2 is 1.94 bits per heavy atom. The number of nitrogens with zero attached hydrogens (tertiary/aromatic N) is 3. The third-order valence-corrected chi connectivity index (χ3v) is 10.1. The summed E-state index contributed by atoms with van der Waals surface area (Å²) in [5.74, 6) is -2.08. The number of hydrogen-bond acceptors (Lipinski definition) is 12. The van der Waals surface area contributed by atoms with Gasteiger partial charge in [-0.1, -0.05) is 24.3 Å². The molecule has 278 valence electrons. The molecule has 3 amide bonds. The zero-order chi connectivity index (χ0) is 36.7. The molecule has 6 rings (SSSR count). The Bertz CT molecular complexity index is 1560. The first-order valence-electron chi connectivity index (χ1n) is 17.5. The van der Waals surface area contributed by atoms with Crippen molar-refractivity contribution < 1.29 is 52.9 Å². The van der Waals surface area contributed by atoms with Crippen molar-refractivity contribution in [3.63, 3.8) is 0 Å². The Morgan fingerprint density at radius 1 is 1.18 bits per heavy atom. The van der Waals surface area contributed by atoms with Crippen molar-refractivity contribution in [1.82, 2.24) is 20.2 Å². The molecule has 15 nitrogen and oxygen atoms in total. The van der Waals surface area contributed by atoms with E-state index < -0.39 is 83.9 Å². The third-order valence-electron chi connectivity index (χ3n) is 10.1. The number of ether oxygens (including phenoxy) is 4. The molecule has 8 atom stereocenters. The maximum Gasteiger partial charge on any atom is 0.327 e. The maximum absolute atomic E-state index is 15.0. The van der Waals surface area contributed by atoms with E-state index in [1.165, 1.54) is 20.9 Å². The van der Waals surface area contributed by atoms with E-state index in [0.717, 1.165) is 11.1 Å². The second kappa shape index (κ2) is 14.6. The number of rotatable bonds is 11.